The zero-order chi connectivity index (χ0) is 11.5. The molecule has 6 heteroatoms. The number of aromatic nitrogens is 2. The van der Waals surface area contributed by atoms with Crippen LogP contribution in [0.2, 0.25) is 5.02 Å². The standard InChI is InChI=1S/C10H8BrClN4/c11-7-2-1-6(12)5-8(7)16-10-9(13)14-3-4-15-10/h1-5H,(H2,13,14)(H,15,16). The third-order valence-corrected chi connectivity index (χ3v) is 2.83. The van der Waals surface area contributed by atoms with Gasteiger partial charge < -0.3 is 11.1 Å². The molecule has 3 N–H and O–H groups in total. The summed E-state index contributed by atoms with van der Waals surface area (Å²) in [4.78, 5) is 8.01. The second kappa shape index (κ2) is 4.67. The Hall–Kier alpha value is -1.33. The maximum Gasteiger partial charge on any atom is 0.173 e. The smallest absolute Gasteiger partial charge is 0.173 e. The number of hydrogen-bond donors (Lipinski definition) is 2. The summed E-state index contributed by atoms with van der Waals surface area (Å²) < 4.78 is 0.877. The summed E-state index contributed by atoms with van der Waals surface area (Å²) in [6, 6.07) is 5.41. The van der Waals surface area contributed by atoms with Gasteiger partial charge in [0, 0.05) is 21.9 Å². The average molecular weight is 300 g/mol. The molecule has 1 aromatic carbocycles. The molecule has 4 nitrogen and oxygen atoms in total. The summed E-state index contributed by atoms with van der Waals surface area (Å²) in [6.07, 6.45) is 3.10. The number of anilines is 3. The van der Waals surface area contributed by atoms with E-state index in [9.17, 15) is 0 Å². The van der Waals surface area contributed by atoms with Gasteiger partial charge in [-0.15, -0.1) is 0 Å². The summed E-state index contributed by atoms with van der Waals surface area (Å²) in [5, 5.41) is 3.68. The molecular weight excluding hydrogens is 291 g/mol. The minimum atomic E-state index is 0.342. The van der Waals surface area contributed by atoms with E-state index in [1.165, 1.54) is 6.20 Å². The van der Waals surface area contributed by atoms with Crippen LogP contribution in [-0.2, 0) is 0 Å². The molecule has 0 atom stereocenters. The van der Waals surface area contributed by atoms with Crippen molar-refractivity contribution in [3.05, 3.63) is 40.1 Å². The van der Waals surface area contributed by atoms with E-state index in [1.807, 2.05) is 6.07 Å². The highest BCUT2D eigenvalue weighted by Gasteiger charge is 2.05. The van der Waals surface area contributed by atoms with Crippen molar-refractivity contribution in [2.24, 2.45) is 0 Å². The van der Waals surface area contributed by atoms with Crippen LogP contribution >= 0.6 is 27.5 Å². The van der Waals surface area contributed by atoms with E-state index < -0.39 is 0 Å². The molecule has 0 aliphatic heterocycles. The Morgan fingerprint density at radius 2 is 2.00 bits per heavy atom. The highest BCUT2D eigenvalue weighted by Crippen LogP contribution is 2.29. The highest BCUT2D eigenvalue weighted by atomic mass is 79.9. The minimum absolute atomic E-state index is 0.342. The SMILES string of the molecule is Nc1nccnc1Nc1cc(Cl)ccc1Br. The quantitative estimate of drug-likeness (QED) is 0.893. The molecule has 1 heterocycles. The zero-order valence-corrected chi connectivity index (χ0v) is 10.5. The van der Waals surface area contributed by atoms with Crippen LogP contribution in [0.5, 0.6) is 0 Å². The molecule has 0 amide bonds. The molecule has 0 saturated carbocycles. The van der Waals surface area contributed by atoms with Crippen molar-refractivity contribution >= 4 is 44.9 Å². The number of hydrogen-bond acceptors (Lipinski definition) is 4. The molecule has 0 radical (unpaired) electrons. The van der Waals surface area contributed by atoms with Crippen LogP contribution in [0.25, 0.3) is 0 Å². The van der Waals surface area contributed by atoms with E-state index in [4.69, 9.17) is 17.3 Å². The molecule has 1 aromatic heterocycles. The van der Waals surface area contributed by atoms with E-state index in [2.05, 4.69) is 31.2 Å². The van der Waals surface area contributed by atoms with Crippen LogP contribution in [0, 0.1) is 0 Å². The lowest BCUT2D eigenvalue weighted by molar-refractivity contribution is 1.21. The molecule has 82 valence electrons. The minimum Gasteiger partial charge on any atom is -0.381 e. The highest BCUT2D eigenvalue weighted by molar-refractivity contribution is 9.10. The Morgan fingerprint density at radius 3 is 2.75 bits per heavy atom. The number of nitrogens with two attached hydrogens (primary N) is 1. The topological polar surface area (TPSA) is 63.8 Å². The second-order valence-electron chi connectivity index (χ2n) is 3.04. The van der Waals surface area contributed by atoms with Crippen molar-refractivity contribution in [2.45, 2.75) is 0 Å². The molecular formula is C10H8BrClN4. The monoisotopic (exact) mass is 298 g/mol. The predicted octanol–water partition coefficient (Wildman–Crippen LogP) is 3.22. The number of rotatable bonds is 2. The fraction of sp³-hybridized carbons (Fsp3) is 0. The number of benzene rings is 1. The Morgan fingerprint density at radius 1 is 1.25 bits per heavy atom. The molecule has 0 bridgehead atoms. The lowest BCUT2D eigenvalue weighted by Gasteiger charge is -2.09. The van der Waals surface area contributed by atoms with Crippen molar-refractivity contribution in [3.8, 4) is 0 Å². The van der Waals surface area contributed by atoms with E-state index in [0.29, 0.717) is 16.7 Å². The molecule has 2 rings (SSSR count). The van der Waals surface area contributed by atoms with Crippen molar-refractivity contribution in [2.75, 3.05) is 11.1 Å². The molecule has 16 heavy (non-hydrogen) atoms. The lowest BCUT2D eigenvalue weighted by atomic mass is 10.3. The zero-order valence-electron chi connectivity index (χ0n) is 8.11. The number of halogens is 2. The first-order chi connectivity index (χ1) is 7.66. The fourth-order valence-corrected chi connectivity index (χ4v) is 1.68. The first-order valence-electron chi connectivity index (χ1n) is 4.45. The van der Waals surface area contributed by atoms with Crippen LogP contribution in [0.1, 0.15) is 0 Å². The summed E-state index contributed by atoms with van der Waals surface area (Å²) in [5.74, 6) is 0.847. The van der Waals surface area contributed by atoms with Gasteiger partial charge in [0.2, 0.25) is 0 Å². The summed E-state index contributed by atoms with van der Waals surface area (Å²) >= 11 is 9.30. The summed E-state index contributed by atoms with van der Waals surface area (Å²) in [5.41, 5.74) is 6.46. The molecule has 2 aromatic rings. The van der Waals surface area contributed by atoms with Gasteiger partial charge in [-0.1, -0.05) is 11.6 Å². The maximum absolute atomic E-state index is 5.89. The van der Waals surface area contributed by atoms with Gasteiger partial charge in [0.05, 0.1) is 5.69 Å². The molecule has 0 fully saturated rings. The van der Waals surface area contributed by atoms with Crippen LogP contribution in [-0.4, -0.2) is 9.97 Å². The van der Waals surface area contributed by atoms with Gasteiger partial charge in [-0.3, -0.25) is 0 Å². The van der Waals surface area contributed by atoms with E-state index in [-0.39, 0.29) is 0 Å². The molecule has 0 aliphatic carbocycles. The lowest BCUT2D eigenvalue weighted by Crippen LogP contribution is -2.01. The van der Waals surface area contributed by atoms with Gasteiger partial charge in [0.15, 0.2) is 11.6 Å². The first-order valence-corrected chi connectivity index (χ1v) is 5.62. The Labute approximate surface area is 106 Å². The van der Waals surface area contributed by atoms with Crippen molar-refractivity contribution < 1.29 is 0 Å². The van der Waals surface area contributed by atoms with Crippen molar-refractivity contribution in [1.82, 2.24) is 9.97 Å². The average Bonchev–Trinajstić information content (AvgIpc) is 2.27. The Bertz CT molecular complexity index is 518. The number of nitrogens with zero attached hydrogens (tertiary/aromatic N) is 2. The third kappa shape index (κ3) is 2.43. The third-order valence-electron chi connectivity index (χ3n) is 1.91. The summed E-state index contributed by atoms with van der Waals surface area (Å²) in [7, 11) is 0. The normalized spacial score (nSPS) is 10.1. The molecule has 0 saturated heterocycles. The van der Waals surface area contributed by atoms with Gasteiger partial charge in [-0.05, 0) is 34.1 Å². The van der Waals surface area contributed by atoms with Gasteiger partial charge in [-0.25, -0.2) is 9.97 Å². The molecule has 0 aliphatic rings. The fourth-order valence-electron chi connectivity index (χ4n) is 1.17. The summed E-state index contributed by atoms with van der Waals surface area (Å²) in [6.45, 7) is 0. The Balaban J connectivity index is 2.34. The van der Waals surface area contributed by atoms with Crippen LogP contribution in [0.3, 0.4) is 0 Å². The predicted molar refractivity (Wildman–Crippen MR) is 68.9 cm³/mol. The van der Waals surface area contributed by atoms with E-state index >= 15 is 0 Å². The van der Waals surface area contributed by atoms with Crippen LogP contribution < -0.4 is 11.1 Å². The first kappa shape index (κ1) is 11.2. The van der Waals surface area contributed by atoms with Crippen molar-refractivity contribution in [1.29, 1.82) is 0 Å². The van der Waals surface area contributed by atoms with Gasteiger partial charge in [0.1, 0.15) is 0 Å². The largest absolute Gasteiger partial charge is 0.381 e. The number of nitrogen functional groups attached to an aromatic ring is 1. The molecule has 0 spiro atoms. The maximum atomic E-state index is 5.89. The van der Waals surface area contributed by atoms with Gasteiger partial charge in [-0.2, -0.15) is 0 Å². The van der Waals surface area contributed by atoms with Gasteiger partial charge >= 0.3 is 0 Å². The van der Waals surface area contributed by atoms with Crippen LogP contribution in [0.4, 0.5) is 17.3 Å². The Kier molecular flexibility index (Phi) is 3.26. The van der Waals surface area contributed by atoms with Gasteiger partial charge in [0.25, 0.3) is 0 Å². The number of nitrogens with one attached hydrogen (secondary N) is 1. The second-order valence-corrected chi connectivity index (χ2v) is 4.33. The van der Waals surface area contributed by atoms with E-state index in [0.717, 1.165) is 10.2 Å². The van der Waals surface area contributed by atoms with Crippen LogP contribution in [0.15, 0.2) is 35.1 Å². The molecule has 0 unspecified atom stereocenters. The van der Waals surface area contributed by atoms with Crippen molar-refractivity contribution in [3.63, 3.8) is 0 Å². The van der Waals surface area contributed by atoms with E-state index in [1.54, 1.807) is 18.3 Å².